The molecule has 0 N–H and O–H groups in total. The third-order valence-corrected chi connectivity index (χ3v) is 3.60. The maximum Gasteiger partial charge on any atom is 0.396 e. The molecule has 0 spiro atoms. The van der Waals surface area contributed by atoms with E-state index in [1.165, 1.54) is 20.0 Å². The average Bonchev–Trinajstić information content (AvgIpc) is 1.62. The Hall–Kier alpha value is 0.510. The summed E-state index contributed by atoms with van der Waals surface area (Å²) in [6.45, 7) is 4.05. The molecule has 0 aromatic rings. The summed E-state index contributed by atoms with van der Waals surface area (Å²) in [5.41, 5.74) is -5.91. The molecule has 0 rings (SSSR count). The molecule has 10 heavy (non-hydrogen) atoms. The van der Waals surface area contributed by atoms with Crippen LogP contribution < -0.4 is 0 Å². The number of rotatable bonds is 2. The number of hydrogen-bond donors (Lipinski definition) is 0. The molecule has 0 radical (unpaired) electrons. The fraction of sp³-hybridized carbons (Fsp3) is 1.00. The maximum absolute atomic E-state index is 12.6. The lowest BCUT2D eigenvalue weighted by Crippen LogP contribution is -2.27. The molecule has 0 saturated heterocycles. The summed E-state index contributed by atoms with van der Waals surface area (Å²) in [7, 11) is -2.52. The second-order valence-corrected chi connectivity index (χ2v) is 7.91. The van der Waals surface area contributed by atoms with Crippen molar-refractivity contribution in [1.29, 1.82) is 0 Å². The summed E-state index contributed by atoms with van der Waals surface area (Å²) in [6, 6.07) is 0. The Kier molecular flexibility index (Phi) is 3.01. The lowest BCUT2D eigenvalue weighted by Gasteiger charge is -2.23. The predicted molar refractivity (Wildman–Crippen MR) is 40.4 cm³/mol. The molecule has 0 aromatic heterocycles. The summed E-state index contributed by atoms with van der Waals surface area (Å²) in [5.74, 6) is 0. The van der Waals surface area contributed by atoms with Crippen LogP contribution in [0.5, 0.6) is 0 Å². The minimum absolute atomic E-state index is 1.35. The van der Waals surface area contributed by atoms with Crippen LogP contribution in [-0.4, -0.2) is 31.3 Å². The van der Waals surface area contributed by atoms with E-state index in [2.05, 4.69) is 11.6 Å². The second kappa shape index (κ2) is 2.86. The van der Waals surface area contributed by atoms with Crippen molar-refractivity contribution >= 4 is 18.9 Å². The van der Waals surface area contributed by atoms with E-state index in [9.17, 15) is 13.2 Å². The van der Waals surface area contributed by atoms with Gasteiger partial charge in [-0.25, -0.2) is 4.39 Å². The maximum atomic E-state index is 12.6. The van der Waals surface area contributed by atoms with Gasteiger partial charge in [-0.1, -0.05) is 11.6 Å². The Bertz CT molecular complexity index is 119. The molecule has 0 bridgehead atoms. The highest BCUT2D eigenvalue weighted by Crippen LogP contribution is 2.64. The van der Waals surface area contributed by atoms with Crippen molar-refractivity contribution in [2.45, 2.75) is 11.3 Å². The first-order valence-corrected chi connectivity index (χ1v) is 6.24. The largest absolute Gasteiger partial charge is 0.396 e. The average molecular weight is 194 g/mol. The lowest BCUT2D eigenvalue weighted by molar-refractivity contribution is 0.0447. The predicted octanol–water partition coefficient (Wildman–Crippen LogP) is 3.02. The molecule has 1 atom stereocenters. The van der Waals surface area contributed by atoms with Crippen LogP contribution in [0.4, 0.5) is 13.2 Å². The minimum atomic E-state index is -3.35. The molecule has 0 fully saturated rings. The molecular formula is C5H10ClF3P+. The van der Waals surface area contributed by atoms with Crippen LogP contribution in [0.25, 0.3) is 0 Å². The molecule has 5 heteroatoms. The van der Waals surface area contributed by atoms with E-state index < -0.39 is 18.6 Å². The Morgan fingerprint density at radius 2 is 1.60 bits per heavy atom. The van der Waals surface area contributed by atoms with E-state index in [4.69, 9.17) is 0 Å². The first-order chi connectivity index (χ1) is 4.19. The summed E-state index contributed by atoms with van der Waals surface area (Å²) in [4.78, 5) is 0. The van der Waals surface area contributed by atoms with Gasteiger partial charge in [0.25, 0.3) is 5.63 Å². The Morgan fingerprint density at radius 3 is 1.60 bits per heavy atom. The molecule has 0 aliphatic rings. The molecule has 0 heterocycles. The SMILES string of the molecule is C[P+](C)(C)C(F)(F)C(F)Cl. The number of hydrogen-bond acceptors (Lipinski definition) is 0. The van der Waals surface area contributed by atoms with Crippen molar-refractivity contribution in [2.24, 2.45) is 0 Å². The summed E-state index contributed by atoms with van der Waals surface area (Å²) < 4.78 is 37.2. The monoisotopic (exact) mass is 193 g/mol. The summed E-state index contributed by atoms with van der Waals surface area (Å²) >= 11 is 4.67. The van der Waals surface area contributed by atoms with Crippen molar-refractivity contribution in [2.75, 3.05) is 20.0 Å². The number of halogens is 4. The van der Waals surface area contributed by atoms with E-state index >= 15 is 0 Å². The van der Waals surface area contributed by atoms with Gasteiger partial charge in [0.1, 0.15) is 0 Å². The standard InChI is InChI=1S/C5H10ClF3P/c1-10(2,3)5(8,9)4(6)7/h4H,1-3H3/q+1. The molecule has 0 amide bonds. The van der Waals surface area contributed by atoms with Gasteiger partial charge < -0.3 is 0 Å². The zero-order chi connectivity index (χ0) is 8.58. The highest BCUT2D eigenvalue weighted by molar-refractivity contribution is 7.75. The van der Waals surface area contributed by atoms with Crippen LogP contribution in [0.1, 0.15) is 0 Å². The molecule has 0 saturated carbocycles. The normalized spacial score (nSPS) is 17.1. The highest BCUT2D eigenvalue weighted by atomic mass is 35.5. The molecule has 0 aromatic carbocycles. The lowest BCUT2D eigenvalue weighted by atomic mass is 10.8. The summed E-state index contributed by atoms with van der Waals surface area (Å²) in [5, 5.41) is 0. The van der Waals surface area contributed by atoms with Gasteiger partial charge in [-0.2, -0.15) is 8.78 Å². The first-order valence-electron chi connectivity index (χ1n) is 2.67. The van der Waals surface area contributed by atoms with Crippen molar-refractivity contribution in [3.8, 4) is 0 Å². The van der Waals surface area contributed by atoms with Gasteiger partial charge in [0, 0.05) is 0 Å². The zero-order valence-corrected chi connectivity index (χ0v) is 7.69. The van der Waals surface area contributed by atoms with Gasteiger partial charge in [0.05, 0.1) is 27.3 Å². The van der Waals surface area contributed by atoms with Gasteiger partial charge in [-0.3, -0.25) is 0 Å². The van der Waals surface area contributed by atoms with Crippen molar-refractivity contribution in [3.05, 3.63) is 0 Å². The van der Waals surface area contributed by atoms with Crippen molar-refractivity contribution < 1.29 is 13.2 Å². The zero-order valence-electron chi connectivity index (χ0n) is 6.04. The molecule has 1 unspecified atom stereocenters. The smallest absolute Gasteiger partial charge is 0.218 e. The first kappa shape index (κ1) is 10.5. The molecule has 0 nitrogen and oxygen atoms in total. The quantitative estimate of drug-likeness (QED) is 0.467. The minimum Gasteiger partial charge on any atom is -0.218 e. The van der Waals surface area contributed by atoms with E-state index in [1.54, 1.807) is 0 Å². The molecule has 0 aliphatic heterocycles. The van der Waals surface area contributed by atoms with Crippen LogP contribution >= 0.6 is 18.9 Å². The van der Waals surface area contributed by atoms with Crippen LogP contribution in [0, 0.1) is 0 Å². The third-order valence-electron chi connectivity index (χ3n) is 1.16. The van der Waals surface area contributed by atoms with Crippen molar-refractivity contribution in [1.82, 2.24) is 0 Å². The number of alkyl halides is 4. The topological polar surface area (TPSA) is 0 Å². The second-order valence-electron chi connectivity index (χ2n) is 2.90. The Labute approximate surface area is 64.1 Å². The molecular weight excluding hydrogens is 183 g/mol. The van der Waals surface area contributed by atoms with E-state index in [0.29, 0.717) is 0 Å². The molecule has 0 aliphatic carbocycles. The van der Waals surface area contributed by atoms with Gasteiger partial charge in [0.2, 0.25) is 0 Å². The highest BCUT2D eigenvalue weighted by Gasteiger charge is 2.56. The third kappa shape index (κ3) is 2.00. The Balaban J connectivity index is 4.40. The van der Waals surface area contributed by atoms with Crippen LogP contribution in [0.15, 0.2) is 0 Å². The van der Waals surface area contributed by atoms with Gasteiger partial charge in [-0.15, -0.1) is 0 Å². The van der Waals surface area contributed by atoms with Gasteiger partial charge in [-0.05, 0) is 0 Å². The van der Waals surface area contributed by atoms with E-state index in [1.807, 2.05) is 0 Å². The molecule has 62 valence electrons. The van der Waals surface area contributed by atoms with Crippen LogP contribution in [0.2, 0.25) is 0 Å². The van der Waals surface area contributed by atoms with Crippen LogP contribution in [-0.2, 0) is 0 Å². The fourth-order valence-corrected chi connectivity index (χ4v) is 1.76. The Morgan fingerprint density at radius 1 is 1.30 bits per heavy atom. The van der Waals surface area contributed by atoms with Gasteiger partial charge in [0.15, 0.2) is 0 Å². The van der Waals surface area contributed by atoms with Crippen LogP contribution in [0.3, 0.4) is 0 Å². The summed E-state index contributed by atoms with van der Waals surface area (Å²) in [6.07, 6.45) is 0. The fourth-order valence-electron chi connectivity index (χ4n) is 0.293. The van der Waals surface area contributed by atoms with E-state index in [0.717, 1.165) is 0 Å². The van der Waals surface area contributed by atoms with E-state index in [-0.39, 0.29) is 0 Å². The van der Waals surface area contributed by atoms with Crippen molar-refractivity contribution in [3.63, 3.8) is 0 Å². The van der Waals surface area contributed by atoms with Gasteiger partial charge >= 0.3 is 5.66 Å².